The molecule has 2 nitrogen and oxygen atoms in total. The van der Waals surface area contributed by atoms with Crippen LogP contribution in [0.3, 0.4) is 0 Å². The van der Waals surface area contributed by atoms with Gasteiger partial charge >= 0.3 is 0 Å². The van der Waals surface area contributed by atoms with Crippen molar-refractivity contribution in [2.24, 2.45) is 0 Å². The molecule has 0 aromatic heterocycles. The van der Waals surface area contributed by atoms with Crippen molar-refractivity contribution in [3.05, 3.63) is 6.61 Å². The maximum absolute atomic E-state index is 5.15. The van der Waals surface area contributed by atoms with Crippen molar-refractivity contribution in [2.75, 3.05) is 19.8 Å². The monoisotopic (exact) mass is 145 g/mol. The summed E-state index contributed by atoms with van der Waals surface area (Å²) < 4.78 is 10.2. The lowest BCUT2D eigenvalue weighted by Gasteiger charge is -2.01. The zero-order valence-electron chi connectivity index (χ0n) is 6.93. The van der Waals surface area contributed by atoms with E-state index in [1.807, 2.05) is 0 Å². The Bertz CT molecular complexity index is 47.2. The summed E-state index contributed by atoms with van der Waals surface area (Å²) in [5.74, 6) is 0. The minimum Gasteiger partial charge on any atom is -0.379 e. The topological polar surface area (TPSA) is 18.5 Å². The molecule has 0 fully saturated rings. The Labute approximate surface area is 63.5 Å². The first-order chi connectivity index (χ1) is 4.91. The van der Waals surface area contributed by atoms with Gasteiger partial charge in [-0.2, -0.15) is 0 Å². The Hall–Kier alpha value is -0.0800. The summed E-state index contributed by atoms with van der Waals surface area (Å²) in [6.45, 7) is 8.14. The molecule has 61 valence electrons. The predicted molar refractivity (Wildman–Crippen MR) is 41.7 cm³/mol. The fourth-order valence-electron chi connectivity index (χ4n) is 0.525. The number of hydrogen-bond acceptors (Lipinski definition) is 2. The summed E-state index contributed by atoms with van der Waals surface area (Å²) in [5.41, 5.74) is 0. The molecule has 0 aromatic carbocycles. The number of hydrogen-bond donors (Lipinski definition) is 0. The van der Waals surface area contributed by atoms with Crippen molar-refractivity contribution < 1.29 is 9.47 Å². The Morgan fingerprint density at radius 3 is 2.40 bits per heavy atom. The van der Waals surface area contributed by atoms with Crippen LogP contribution in [-0.4, -0.2) is 19.8 Å². The van der Waals surface area contributed by atoms with E-state index in [-0.39, 0.29) is 0 Å². The van der Waals surface area contributed by atoms with Gasteiger partial charge in [0.2, 0.25) is 0 Å². The lowest BCUT2D eigenvalue weighted by Crippen LogP contribution is -1.99. The first kappa shape index (κ1) is 9.92. The van der Waals surface area contributed by atoms with Crippen LogP contribution in [-0.2, 0) is 9.47 Å². The van der Waals surface area contributed by atoms with Gasteiger partial charge in [0.05, 0.1) is 6.61 Å². The van der Waals surface area contributed by atoms with Crippen molar-refractivity contribution in [1.29, 1.82) is 0 Å². The smallest absolute Gasteiger partial charge is 0.109 e. The van der Waals surface area contributed by atoms with Crippen LogP contribution in [0, 0.1) is 6.61 Å². The summed E-state index contributed by atoms with van der Waals surface area (Å²) in [6, 6.07) is 0. The largest absolute Gasteiger partial charge is 0.379 e. The third-order valence-electron chi connectivity index (χ3n) is 0.974. The SMILES string of the molecule is CCCO[CH]COCCC. The van der Waals surface area contributed by atoms with Crippen molar-refractivity contribution in [3.8, 4) is 0 Å². The quantitative estimate of drug-likeness (QED) is 0.510. The summed E-state index contributed by atoms with van der Waals surface area (Å²) >= 11 is 0. The van der Waals surface area contributed by atoms with Crippen LogP contribution in [0.5, 0.6) is 0 Å². The average Bonchev–Trinajstić information content (AvgIpc) is 1.97. The number of rotatable bonds is 7. The molecular weight excluding hydrogens is 128 g/mol. The van der Waals surface area contributed by atoms with Gasteiger partial charge in [-0.1, -0.05) is 13.8 Å². The van der Waals surface area contributed by atoms with E-state index in [9.17, 15) is 0 Å². The molecule has 0 rings (SSSR count). The van der Waals surface area contributed by atoms with Gasteiger partial charge in [-0.05, 0) is 12.8 Å². The Kier molecular flexibility index (Phi) is 8.85. The highest BCUT2D eigenvalue weighted by Crippen LogP contribution is 1.87. The molecule has 0 N–H and O–H groups in total. The molecule has 0 amide bonds. The van der Waals surface area contributed by atoms with E-state index >= 15 is 0 Å². The first-order valence-electron chi connectivity index (χ1n) is 3.92. The Morgan fingerprint density at radius 2 is 1.80 bits per heavy atom. The van der Waals surface area contributed by atoms with Crippen molar-refractivity contribution in [3.63, 3.8) is 0 Å². The minimum absolute atomic E-state index is 0.619. The molecule has 0 aliphatic rings. The van der Waals surface area contributed by atoms with Crippen molar-refractivity contribution >= 4 is 0 Å². The predicted octanol–water partition coefficient (Wildman–Crippen LogP) is 2.00. The van der Waals surface area contributed by atoms with E-state index in [2.05, 4.69) is 13.8 Å². The van der Waals surface area contributed by atoms with Gasteiger partial charge in [-0.3, -0.25) is 0 Å². The van der Waals surface area contributed by atoms with Crippen LogP contribution >= 0.6 is 0 Å². The fourth-order valence-corrected chi connectivity index (χ4v) is 0.525. The minimum atomic E-state index is 0.619. The highest BCUT2D eigenvalue weighted by molar-refractivity contribution is 4.45. The molecule has 0 aromatic rings. The average molecular weight is 145 g/mol. The molecule has 0 spiro atoms. The summed E-state index contributed by atoms with van der Waals surface area (Å²) in [5, 5.41) is 0. The molecular formula is C8H17O2. The van der Waals surface area contributed by atoms with E-state index in [0.29, 0.717) is 6.61 Å². The van der Waals surface area contributed by atoms with Crippen LogP contribution in [0.15, 0.2) is 0 Å². The van der Waals surface area contributed by atoms with Gasteiger partial charge in [-0.25, -0.2) is 0 Å². The van der Waals surface area contributed by atoms with Crippen LogP contribution < -0.4 is 0 Å². The third kappa shape index (κ3) is 7.92. The maximum atomic E-state index is 5.15. The first-order valence-corrected chi connectivity index (χ1v) is 3.92. The van der Waals surface area contributed by atoms with Gasteiger partial charge in [0.25, 0.3) is 0 Å². The molecule has 0 saturated carbocycles. The standard InChI is InChI=1S/C8H17O2/c1-3-5-9-7-8-10-6-4-2/h7H,3-6,8H2,1-2H3. The van der Waals surface area contributed by atoms with E-state index in [0.717, 1.165) is 26.1 Å². The van der Waals surface area contributed by atoms with Gasteiger partial charge in [0, 0.05) is 13.2 Å². The molecule has 0 heterocycles. The van der Waals surface area contributed by atoms with Gasteiger partial charge < -0.3 is 9.47 Å². The summed E-state index contributed by atoms with van der Waals surface area (Å²) in [4.78, 5) is 0. The molecule has 10 heavy (non-hydrogen) atoms. The molecule has 0 bridgehead atoms. The molecule has 0 unspecified atom stereocenters. The lowest BCUT2D eigenvalue weighted by molar-refractivity contribution is 0.0908. The third-order valence-corrected chi connectivity index (χ3v) is 0.974. The molecule has 0 atom stereocenters. The lowest BCUT2D eigenvalue weighted by atomic mass is 10.5. The highest BCUT2D eigenvalue weighted by Gasteiger charge is 1.86. The van der Waals surface area contributed by atoms with E-state index in [1.165, 1.54) is 0 Å². The van der Waals surface area contributed by atoms with Crippen molar-refractivity contribution in [2.45, 2.75) is 26.7 Å². The molecule has 0 aliphatic carbocycles. The maximum Gasteiger partial charge on any atom is 0.109 e. The Balaban J connectivity index is 2.65. The van der Waals surface area contributed by atoms with E-state index in [1.54, 1.807) is 6.61 Å². The van der Waals surface area contributed by atoms with E-state index < -0.39 is 0 Å². The summed E-state index contributed by atoms with van der Waals surface area (Å²) in [6.07, 6.45) is 2.13. The van der Waals surface area contributed by atoms with Crippen LogP contribution in [0.2, 0.25) is 0 Å². The van der Waals surface area contributed by atoms with Crippen molar-refractivity contribution in [1.82, 2.24) is 0 Å². The zero-order valence-corrected chi connectivity index (χ0v) is 6.93. The van der Waals surface area contributed by atoms with Crippen LogP contribution in [0.25, 0.3) is 0 Å². The van der Waals surface area contributed by atoms with Gasteiger partial charge in [0.1, 0.15) is 6.61 Å². The fraction of sp³-hybridized carbons (Fsp3) is 0.875. The normalized spacial score (nSPS) is 10.2. The molecule has 2 heteroatoms. The number of ether oxygens (including phenoxy) is 2. The molecule has 1 radical (unpaired) electrons. The van der Waals surface area contributed by atoms with E-state index in [4.69, 9.17) is 9.47 Å². The molecule has 0 aliphatic heterocycles. The van der Waals surface area contributed by atoms with Crippen LogP contribution in [0.1, 0.15) is 26.7 Å². The molecule has 0 saturated heterocycles. The second-order valence-electron chi connectivity index (χ2n) is 2.11. The second kappa shape index (κ2) is 8.92. The Morgan fingerprint density at radius 1 is 1.10 bits per heavy atom. The van der Waals surface area contributed by atoms with Gasteiger partial charge in [-0.15, -0.1) is 0 Å². The second-order valence-corrected chi connectivity index (χ2v) is 2.11. The van der Waals surface area contributed by atoms with Crippen LogP contribution in [0.4, 0.5) is 0 Å². The zero-order chi connectivity index (χ0) is 7.66. The highest BCUT2D eigenvalue weighted by atomic mass is 16.5. The van der Waals surface area contributed by atoms with Gasteiger partial charge in [0.15, 0.2) is 0 Å². The summed E-state index contributed by atoms with van der Waals surface area (Å²) in [7, 11) is 0.